The zero-order chi connectivity index (χ0) is 23.5. The number of Topliss-reactive ketones (excluding diaryl/α,β-unsaturated/α-hetero) is 4. The minimum atomic E-state index is -2.67. The van der Waals surface area contributed by atoms with Crippen LogP contribution in [0.25, 0.3) is 6.08 Å². The molecule has 5 N–H and O–H groups in total. The molecule has 3 aliphatic carbocycles. The summed E-state index contributed by atoms with van der Waals surface area (Å²) in [6.07, 6.45) is 1.20. The average molecular weight is 462 g/mol. The second-order valence-electron chi connectivity index (χ2n) is 8.52. The number of hydrogen-bond donors (Lipinski definition) is 4. The van der Waals surface area contributed by atoms with Crippen molar-refractivity contribution in [3.63, 3.8) is 0 Å². The fourth-order valence-corrected chi connectivity index (χ4v) is 5.46. The maximum atomic E-state index is 13.3. The number of amides is 1. The number of phenolic OH excluding ortho intramolecular Hbond substituents is 1. The number of fused-ring (bicyclic) bond motifs is 3. The van der Waals surface area contributed by atoms with E-state index >= 15 is 0 Å². The Balaban J connectivity index is 1.82. The molecule has 1 aromatic rings. The summed E-state index contributed by atoms with van der Waals surface area (Å²) < 4.78 is 0. The molecule has 32 heavy (non-hydrogen) atoms. The number of primary amides is 1. The van der Waals surface area contributed by atoms with Crippen molar-refractivity contribution in [1.82, 2.24) is 0 Å². The van der Waals surface area contributed by atoms with E-state index in [1.54, 1.807) is 0 Å². The smallest absolute Gasteiger partial charge is 0.235 e. The lowest BCUT2D eigenvalue weighted by Crippen LogP contribution is -2.68. The standard InChI is InChI=1S/C22H20ClNO8/c23-11(7-25)4-8-1-2-13(26)16-12(8)5-9-3-10-6-14(27)17(21(24)31)20(30)22(10,32)19(29)15(9)18(16)28/h1-2,4,9-10,15,17,25-26,32H,3,5-7H2,(H2,24,31)/b11-4-/t9?,10?,15?,17?,22-/m0/s1. The molecule has 9 nitrogen and oxygen atoms in total. The third-order valence-electron chi connectivity index (χ3n) is 6.79. The average Bonchev–Trinajstić information content (AvgIpc) is 2.72. The van der Waals surface area contributed by atoms with Gasteiger partial charge in [-0.3, -0.25) is 24.0 Å². The minimum Gasteiger partial charge on any atom is -0.507 e. The second kappa shape index (κ2) is 7.61. The van der Waals surface area contributed by atoms with Crippen LogP contribution < -0.4 is 5.73 Å². The number of aliphatic hydroxyl groups is 2. The summed E-state index contributed by atoms with van der Waals surface area (Å²) in [7, 11) is 0. The summed E-state index contributed by atoms with van der Waals surface area (Å²) in [6, 6.07) is 2.77. The lowest BCUT2D eigenvalue weighted by Gasteiger charge is -2.48. The molecule has 1 aromatic carbocycles. The van der Waals surface area contributed by atoms with Gasteiger partial charge in [-0.25, -0.2) is 0 Å². The number of rotatable bonds is 3. The van der Waals surface area contributed by atoms with Crippen LogP contribution in [0.2, 0.25) is 0 Å². The third kappa shape index (κ3) is 3.03. The van der Waals surface area contributed by atoms with Gasteiger partial charge in [0.1, 0.15) is 5.75 Å². The first-order valence-corrected chi connectivity index (χ1v) is 10.4. The number of ketones is 4. The maximum absolute atomic E-state index is 13.3. The molecule has 0 heterocycles. The predicted octanol–water partition coefficient (Wildman–Crippen LogP) is -0.101. The van der Waals surface area contributed by atoms with Gasteiger partial charge in [-0.2, -0.15) is 0 Å². The number of aromatic hydroxyl groups is 1. The topological polar surface area (TPSA) is 172 Å². The molecular weight excluding hydrogens is 442 g/mol. The van der Waals surface area contributed by atoms with Crippen molar-refractivity contribution in [3.05, 3.63) is 33.9 Å². The molecule has 0 bridgehead atoms. The number of benzene rings is 1. The number of carbonyl (C=O) groups excluding carboxylic acids is 5. The highest BCUT2D eigenvalue weighted by atomic mass is 35.5. The number of nitrogens with two attached hydrogens (primary N) is 1. The van der Waals surface area contributed by atoms with Crippen LogP contribution in [0.3, 0.4) is 0 Å². The Bertz CT molecular complexity index is 1130. The largest absolute Gasteiger partial charge is 0.507 e. The molecule has 4 rings (SSSR count). The Kier molecular flexibility index (Phi) is 5.31. The fraction of sp³-hybridized carbons (Fsp3) is 0.409. The minimum absolute atomic E-state index is 0.00753. The number of phenols is 1. The summed E-state index contributed by atoms with van der Waals surface area (Å²) in [6.45, 7) is -0.434. The van der Waals surface area contributed by atoms with Crippen LogP contribution in [-0.2, 0) is 25.6 Å². The highest BCUT2D eigenvalue weighted by Gasteiger charge is 2.66. The van der Waals surface area contributed by atoms with Crippen LogP contribution in [0.15, 0.2) is 17.2 Å². The zero-order valence-electron chi connectivity index (χ0n) is 16.7. The van der Waals surface area contributed by atoms with E-state index in [0.29, 0.717) is 11.1 Å². The van der Waals surface area contributed by atoms with E-state index in [0.717, 1.165) is 0 Å². The van der Waals surface area contributed by atoms with Crippen molar-refractivity contribution in [2.75, 3.05) is 6.61 Å². The second-order valence-corrected chi connectivity index (χ2v) is 9.00. The van der Waals surface area contributed by atoms with Crippen LogP contribution in [0.1, 0.15) is 34.3 Å². The summed E-state index contributed by atoms with van der Waals surface area (Å²) in [4.78, 5) is 63.5. The van der Waals surface area contributed by atoms with E-state index in [1.165, 1.54) is 18.2 Å². The normalized spacial score (nSPS) is 32.3. The van der Waals surface area contributed by atoms with Gasteiger partial charge in [0, 0.05) is 17.4 Å². The van der Waals surface area contributed by atoms with Gasteiger partial charge in [-0.05, 0) is 42.0 Å². The van der Waals surface area contributed by atoms with Crippen molar-refractivity contribution >= 4 is 46.7 Å². The first-order valence-electron chi connectivity index (χ1n) is 10.0. The van der Waals surface area contributed by atoms with Gasteiger partial charge in [0.2, 0.25) is 5.91 Å². The Hall–Kier alpha value is -2.88. The Morgan fingerprint density at radius 3 is 2.50 bits per heavy atom. The van der Waals surface area contributed by atoms with Gasteiger partial charge in [-0.15, -0.1) is 0 Å². The van der Waals surface area contributed by atoms with Crippen molar-refractivity contribution < 1.29 is 39.3 Å². The molecule has 4 unspecified atom stereocenters. The molecule has 2 saturated carbocycles. The van der Waals surface area contributed by atoms with Gasteiger partial charge >= 0.3 is 0 Å². The van der Waals surface area contributed by atoms with Crippen LogP contribution in [-0.4, -0.2) is 56.6 Å². The zero-order valence-corrected chi connectivity index (χ0v) is 17.5. The number of hydrogen-bond acceptors (Lipinski definition) is 8. The molecule has 10 heteroatoms. The first kappa shape index (κ1) is 22.3. The Morgan fingerprint density at radius 2 is 1.88 bits per heavy atom. The molecule has 0 aromatic heterocycles. The fourth-order valence-electron chi connectivity index (χ4n) is 5.34. The molecule has 168 valence electrons. The van der Waals surface area contributed by atoms with Crippen molar-refractivity contribution in [2.24, 2.45) is 29.4 Å². The molecule has 5 atom stereocenters. The van der Waals surface area contributed by atoms with E-state index < -0.39 is 71.3 Å². The number of halogens is 1. The summed E-state index contributed by atoms with van der Waals surface area (Å²) in [5.74, 6) is -10.6. The molecule has 3 aliphatic rings. The Morgan fingerprint density at radius 1 is 1.19 bits per heavy atom. The first-order chi connectivity index (χ1) is 15.0. The summed E-state index contributed by atoms with van der Waals surface area (Å²) in [5.41, 5.74) is 3.25. The highest BCUT2D eigenvalue weighted by molar-refractivity contribution is 6.32. The van der Waals surface area contributed by atoms with Crippen LogP contribution in [0, 0.1) is 23.7 Å². The molecular formula is C22H20ClNO8. The molecule has 0 saturated heterocycles. The van der Waals surface area contributed by atoms with E-state index in [4.69, 9.17) is 17.3 Å². The van der Waals surface area contributed by atoms with Gasteiger partial charge in [0.15, 0.2) is 34.7 Å². The van der Waals surface area contributed by atoms with Gasteiger partial charge in [0.25, 0.3) is 0 Å². The van der Waals surface area contributed by atoms with Crippen LogP contribution in [0.5, 0.6) is 5.75 Å². The lowest BCUT2D eigenvalue weighted by atomic mass is 9.53. The van der Waals surface area contributed by atoms with Gasteiger partial charge in [-0.1, -0.05) is 17.7 Å². The summed E-state index contributed by atoms with van der Waals surface area (Å²) in [5, 5.41) is 30.8. The monoisotopic (exact) mass is 461 g/mol. The maximum Gasteiger partial charge on any atom is 0.235 e. The molecule has 2 fully saturated rings. The Labute approximate surface area is 186 Å². The molecule has 0 radical (unpaired) electrons. The van der Waals surface area contributed by atoms with Crippen LogP contribution >= 0.6 is 11.6 Å². The van der Waals surface area contributed by atoms with Crippen molar-refractivity contribution in [1.29, 1.82) is 0 Å². The number of carbonyl (C=O) groups is 5. The quantitative estimate of drug-likeness (QED) is 0.451. The lowest BCUT2D eigenvalue weighted by molar-refractivity contribution is -0.175. The molecule has 0 aliphatic heterocycles. The van der Waals surface area contributed by atoms with Crippen molar-refractivity contribution in [3.8, 4) is 5.75 Å². The third-order valence-corrected chi connectivity index (χ3v) is 7.01. The van der Waals surface area contributed by atoms with Crippen molar-refractivity contribution in [2.45, 2.75) is 24.9 Å². The van der Waals surface area contributed by atoms with E-state index in [2.05, 4.69) is 0 Å². The summed E-state index contributed by atoms with van der Waals surface area (Å²) >= 11 is 5.92. The highest BCUT2D eigenvalue weighted by Crippen LogP contribution is 2.50. The van der Waals surface area contributed by atoms with Gasteiger partial charge in [0.05, 0.1) is 18.1 Å². The van der Waals surface area contributed by atoms with Gasteiger partial charge < -0.3 is 21.1 Å². The van der Waals surface area contributed by atoms with E-state index in [1.807, 2.05) is 0 Å². The van der Waals surface area contributed by atoms with E-state index in [9.17, 15) is 39.3 Å². The van der Waals surface area contributed by atoms with Crippen LogP contribution in [0.4, 0.5) is 0 Å². The number of aliphatic hydroxyl groups excluding tert-OH is 1. The molecule has 1 amide bonds. The predicted molar refractivity (Wildman–Crippen MR) is 109 cm³/mol. The van der Waals surface area contributed by atoms with E-state index in [-0.39, 0.29) is 29.2 Å². The molecule has 0 spiro atoms. The SMILES string of the molecule is NC(=O)C1C(=O)CC2CC3Cc4c(/C=C(\Cl)CO)ccc(O)c4C(=O)C3C(=O)[C@]2(O)C1=O.